The lowest BCUT2D eigenvalue weighted by Gasteiger charge is -2.31. The molecule has 0 spiro atoms. The van der Waals surface area contributed by atoms with Crippen LogP contribution >= 0.6 is 0 Å². The third-order valence-corrected chi connectivity index (χ3v) is 5.50. The number of hydrogen-bond acceptors (Lipinski definition) is 4. The summed E-state index contributed by atoms with van der Waals surface area (Å²) in [5.74, 6) is -0.233. The third kappa shape index (κ3) is 4.54. The van der Waals surface area contributed by atoms with Crippen molar-refractivity contribution in [1.29, 1.82) is 0 Å². The summed E-state index contributed by atoms with van der Waals surface area (Å²) in [5.41, 5.74) is 1.77. The smallest absolute Gasteiger partial charge is 0.408 e. The number of hydrogen-bond donors (Lipinski definition) is 1. The monoisotopic (exact) mass is 386 g/mol. The quantitative estimate of drug-likeness (QED) is 0.863. The number of carbonyl (C=O) groups is 3. The van der Waals surface area contributed by atoms with Gasteiger partial charge in [-0.1, -0.05) is 24.3 Å². The first-order valence-corrected chi connectivity index (χ1v) is 10.0. The molecule has 2 aliphatic rings. The lowest BCUT2D eigenvalue weighted by molar-refractivity contribution is -0.139. The fourth-order valence-corrected chi connectivity index (χ4v) is 4.28. The second-order valence-electron chi connectivity index (χ2n) is 8.86. The van der Waals surface area contributed by atoms with Crippen LogP contribution in [0.5, 0.6) is 0 Å². The van der Waals surface area contributed by atoms with Gasteiger partial charge in [-0.3, -0.25) is 9.59 Å². The average molecular weight is 386 g/mol. The number of benzene rings is 1. The lowest BCUT2D eigenvalue weighted by atomic mass is 9.94. The van der Waals surface area contributed by atoms with Gasteiger partial charge in [0.15, 0.2) is 5.78 Å². The highest BCUT2D eigenvalue weighted by Crippen LogP contribution is 2.31. The molecule has 1 aromatic rings. The van der Waals surface area contributed by atoms with Crippen LogP contribution in [0, 0.1) is 5.92 Å². The number of carbonyl (C=O) groups excluding carboxylic acids is 3. The van der Waals surface area contributed by atoms with Gasteiger partial charge in [0, 0.05) is 6.54 Å². The maximum atomic E-state index is 13.4. The second-order valence-corrected chi connectivity index (χ2v) is 8.86. The molecule has 28 heavy (non-hydrogen) atoms. The van der Waals surface area contributed by atoms with E-state index in [0.717, 1.165) is 19.3 Å². The van der Waals surface area contributed by atoms with E-state index in [1.54, 1.807) is 25.7 Å². The normalized spacial score (nSPS) is 20.6. The number of likely N-dealkylation sites (tertiary alicyclic amines) is 1. The van der Waals surface area contributed by atoms with Gasteiger partial charge in [0.1, 0.15) is 11.6 Å². The molecule has 1 saturated heterocycles. The number of Topliss-reactive ketones (excluding diaryl/α,β-unsaturated/α-hetero) is 1. The fraction of sp³-hybridized carbons (Fsp3) is 0.591. The average Bonchev–Trinajstić information content (AvgIpc) is 3.24. The van der Waals surface area contributed by atoms with Crippen LogP contribution in [-0.2, 0) is 27.2 Å². The Balaban J connectivity index is 1.81. The van der Waals surface area contributed by atoms with Crippen LogP contribution < -0.4 is 5.32 Å². The minimum absolute atomic E-state index is 0.00317. The molecule has 3 rings (SSSR count). The molecular formula is C22H30N2O4. The Morgan fingerprint density at radius 2 is 1.75 bits per heavy atom. The molecule has 2 amide bonds. The predicted octanol–water partition coefficient (Wildman–Crippen LogP) is 2.87. The van der Waals surface area contributed by atoms with E-state index in [0.29, 0.717) is 13.0 Å². The first-order valence-electron chi connectivity index (χ1n) is 10.0. The number of fused-ring (bicyclic) bond motifs is 1. The van der Waals surface area contributed by atoms with Crippen LogP contribution in [0.4, 0.5) is 4.79 Å². The number of ketones is 1. The van der Waals surface area contributed by atoms with Gasteiger partial charge >= 0.3 is 6.09 Å². The Labute approximate surface area is 166 Å². The van der Waals surface area contributed by atoms with E-state index < -0.39 is 17.7 Å². The van der Waals surface area contributed by atoms with E-state index in [4.69, 9.17) is 4.74 Å². The second kappa shape index (κ2) is 7.94. The highest BCUT2D eigenvalue weighted by molar-refractivity contribution is 5.92. The van der Waals surface area contributed by atoms with Crippen molar-refractivity contribution in [2.75, 3.05) is 6.54 Å². The Hall–Kier alpha value is -2.37. The highest BCUT2D eigenvalue weighted by Gasteiger charge is 2.41. The molecular weight excluding hydrogens is 356 g/mol. The van der Waals surface area contributed by atoms with E-state index in [9.17, 15) is 14.4 Å². The van der Waals surface area contributed by atoms with E-state index in [-0.39, 0.29) is 23.7 Å². The van der Waals surface area contributed by atoms with Gasteiger partial charge in [0.2, 0.25) is 5.91 Å². The van der Waals surface area contributed by atoms with E-state index in [1.807, 2.05) is 12.1 Å². The Kier molecular flexibility index (Phi) is 5.77. The Morgan fingerprint density at radius 1 is 1.14 bits per heavy atom. The highest BCUT2D eigenvalue weighted by atomic mass is 16.6. The van der Waals surface area contributed by atoms with Gasteiger partial charge in [0.05, 0.1) is 6.04 Å². The zero-order valence-corrected chi connectivity index (χ0v) is 17.2. The van der Waals surface area contributed by atoms with Gasteiger partial charge < -0.3 is 15.0 Å². The van der Waals surface area contributed by atoms with Gasteiger partial charge in [-0.05, 0) is 70.4 Å². The van der Waals surface area contributed by atoms with Crippen LogP contribution in [0.25, 0.3) is 0 Å². The summed E-state index contributed by atoms with van der Waals surface area (Å²) in [6.45, 7) is 7.45. The molecule has 0 radical (unpaired) electrons. The zero-order valence-electron chi connectivity index (χ0n) is 17.2. The molecule has 1 aliphatic heterocycles. The van der Waals surface area contributed by atoms with Gasteiger partial charge in [0.25, 0.3) is 0 Å². The van der Waals surface area contributed by atoms with Crippen molar-refractivity contribution in [3.05, 3.63) is 35.4 Å². The molecule has 1 aliphatic carbocycles. The number of alkyl carbamates (subject to hydrolysis) is 1. The number of amides is 2. The number of nitrogens with zero attached hydrogens (tertiary/aromatic N) is 1. The third-order valence-electron chi connectivity index (χ3n) is 5.50. The molecule has 0 bridgehead atoms. The molecule has 1 N–H and O–H groups in total. The van der Waals surface area contributed by atoms with Crippen molar-refractivity contribution in [2.45, 2.75) is 71.1 Å². The standard InChI is InChI=1S/C22H30N2O4/c1-14(25)18-10-7-11-24(18)20(26)19(23-21(27)28-22(2,3)4)17-12-15-8-5-6-9-16(15)13-17/h5-6,8-9,17-19H,7,10-13H2,1-4H3,(H,23,27)/t18-,19?/m0/s1. The molecule has 1 aromatic carbocycles. The fourth-order valence-electron chi connectivity index (χ4n) is 4.28. The van der Waals surface area contributed by atoms with Crippen molar-refractivity contribution < 1.29 is 19.1 Å². The van der Waals surface area contributed by atoms with Crippen LogP contribution in [0.3, 0.4) is 0 Å². The largest absolute Gasteiger partial charge is 0.444 e. The minimum atomic E-state index is -0.706. The molecule has 6 heteroatoms. The van der Waals surface area contributed by atoms with Crippen molar-refractivity contribution in [3.8, 4) is 0 Å². The number of ether oxygens (including phenoxy) is 1. The first-order chi connectivity index (χ1) is 13.2. The van der Waals surface area contributed by atoms with Crippen LogP contribution in [0.15, 0.2) is 24.3 Å². The summed E-state index contributed by atoms with van der Waals surface area (Å²) in [7, 11) is 0. The number of nitrogens with one attached hydrogen (secondary N) is 1. The van der Waals surface area contributed by atoms with Gasteiger partial charge in [-0.25, -0.2) is 4.79 Å². The SMILES string of the molecule is CC(=O)[C@@H]1CCCN1C(=O)C(NC(=O)OC(C)(C)C)C1Cc2ccccc2C1. The maximum absolute atomic E-state index is 13.4. The summed E-state index contributed by atoms with van der Waals surface area (Å²) in [5, 5.41) is 2.82. The molecule has 1 unspecified atom stereocenters. The van der Waals surface area contributed by atoms with Crippen molar-refractivity contribution in [3.63, 3.8) is 0 Å². The maximum Gasteiger partial charge on any atom is 0.408 e. The lowest BCUT2D eigenvalue weighted by Crippen LogP contribution is -2.55. The van der Waals surface area contributed by atoms with Crippen molar-refractivity contribution in [1.82, 2.24) is 10.2 Å². The molecule has 0 aromatic heterocycles. The zero-order chi connectivity index (χ0) is 20.5. The summed E-state index contributed by atoms with van der Waals surface area (Å²) < 4.78 is 5.40. The molecule has 152 valence electrons. The predicted molar refractivity (Wildman–Crippen MR) is 106 cm³/mol. The summed E-state index contributed by atoms with van der Waals surface area (Å²) in [4.78, 5) is 39.5. The summed E-state index contributed by atoms with van der Waals surface area (Å²) in [6, 6.07) is 7.02. The molecule has 0 saturated carbocycles. The minimum Gasteiger partial charge on any atom is -0.444 e. The Bertz CT molecular complexity index is 743. The van der Waals surface area contributed by atoms with E-state index in [1.165, 1.54) is 18.1 Å². The van der Waals surface area contributed by atoms with Gasteiger partial charge in [-0.15, -0.1) is 0 Å². The molecule has 6 nitrogen and oxygen atoms in total. The van der Waals surface area contributed by atoms with E-state index >= 15 is 0 Å². The van der Waals surface area contributed by atoms with Crippen molar-refractivity contribution >= 4 is 17.8 Å². The first kappa shape index (κ1) is 20.4. The van der Waals surface area contributed by atoms with E-state index in [2.05, 4.69) is 17.4 Å². The van der Waals surface area contributed by atoms with Crippen LogP contribution in [0.1, 0.15) is 51.7 Å². The van der Waals surface area contributed by atoms with Crippen molar-refractivity contribution in [2.24, 2.45) is 5.92 Å². The molecule has 1 heterocycles. The Morgan fingerprint density at radius 3 is 2.29 bits per heavy atom. The van der Waals surface area contributed by atoms with Crippen LogP contribution in [-0.4, -0.2) is 46.9 Å². The summed E-state index contributed by atoms with van der Waals surface area (Å²) in [6.07, 6.45) is 2.34. The van der Waals surface area contributed by atoms with Crippen LogP contribution in [0.2, 0.25) is 0 Å². The number of rotatable bonds is 4. The topological polar surface area (TPSA) is 75.7 Å². The molecule has 1 fully saturated rings. The van der Waals surface area contributed by atoms with Gasteiger partial charge in [-0.2, -0.15) is 0 Å². The summed E-state index contributed by atoms with van der Waals surface area (Å²) >= 11 is 0. The molecule has 2 atom stereocenters.